The van der Waals surface area contributed by atoms with Crippen LogP contribution in [0.1, 0.15) is 24.5 Å². The van der Waals surface area contributed by atoms with Crippen LogP contribution >= 0.6 is 0 Å². The third-order valence-electron chi connectivity index (χ3n) is 3.73. The molecule has 0 aliphatic heterocycles. The highest BCUT2D eigenvalue weighted by atomic mass is 16.5. The summed E-state index contributed by atoms with van der Waals surface area (Å²) in [6, 6.07) is 13.0. The van der Waals surface area contributed by atoms with Gasteiger partial charge >= 0.3 is 6.03 Å². The molecule has 0 atom stereocenters. The van der Waals surface area contributed by atoms with E-state index in [0.717, 1.165) is 23.3 Å². The maximum absolute atomic E-state index is 12.0. The predicted octanol–water partition coefficient (Wildman–Crippen LogP) is 3.49. The number of urea groups is 1. The standard InChI is InChI=1S/C20H26N2O4/c1-4-10-26-17-7-5-6-15(11-17)13-21-20(23)22-14-16-8-9-18(24-2)19(12-16)25-3/h5-9,11-12H,4,10,13-14H2,1-3H3,(H2,21,22,23). The van der Waals surface area contributed by atoms with Crippen molar-refractivity contribution in [3.05, 3.63) is 53.6 Å². The third-order valence-corrected chi connectivity index (χ3v) is 3.73. The van der Waals surface area contributed by atoms with E-state index in [1.165, 1.54) is 0 Å². The molecule has 0 heterocycles. The van der Waals surface area contributed by atoms with Crippen molar-refractivity contribution < 1.29 is 19.0 Å². The van der Waals surface area contributed by atoms with E-state index in [1.807, 2.05) is 42.5 Å². The van der Waals surface area contributed by atoms with E-state index in [9.17, 15) is 4.79 Å². The van der Waals surface area contributed by atoms with Crippen LogP contribution in [0.25, 0.3) is 0 Å². The molecule has 0 unspecified atom stereocenters. The van der Waals surface area contributed by atoms with Crippen LogP contribution in [0.3, 0.4) is 0 Å². The first-order chi connectivity index (χ1) is 12.7. The first kappa shape index (κ1) is 19.4. The van der Waals surface area contributed by atoms with E-state index in [2.05, 4.69) is 17.6 Å². The highest BCUT2D eigenvalue weighted by Crippen LogP contribution is 2.27. The Balaban J connectivity index is 1.82. The highest BCUT2D eigenvalue weighted by Gasteiger charge is 2.06. The van der Waals surface area contributed by atoms with Gasteiger partial charge in [-0.05, 0) is 41.8 Å². The van der Waals surface area contributed by atoms with Gasteiger partial charge in [-0.2, -0.15) is 0 Å². The molecule has 0 radical (unpaired) electrons. The van der Waals surface area contributed by atoms with Gasteiger partial charge in [0.25, 0.3) is 0 Å². The van der Waals surface area contributed by atoms with E-state index in [0.29, 0.717) is 31.2 Å². The summed E-state index contributed by atoms with van der Waals surface area (Å²) in [5.41, 5.74) is 1.91. The Morgan fingerprint density at radius 2 is 1.62 bits per heavy atom. The number of ether oxygens (including phenoxy) is 3. The number of carbonyl (C=O) groups excluding carboxylic acids is 1. The molecule has 0 saturated heterocycles. The Labute approximate surface area is 154 Å². The van der Waals surface area contributed by atoms with Crippen LogP contribution < -0.4 is 24.8 Å². The summed E-state index contributed by atoms with van der Waals surface area (Å²) in [6.45, 7) is 3.57. The molecule has 2 N–H and O–H groups in total. The van der Waals surface area contributed by atoms with Crippen molar-refractivity contribution in [3.8, 4) is 17.2 Å². The molecule has 26 heavy (non-hydrogen) atoms. The normalized spacial score (nSPS) is 10.1. The van der Waals surface area contributed by atoms with E-state index >= 15 is 0 Å². The zero-order valence-electron chi connectivity index (χ0n) is 15.5. The Kier molecular flexibility index (Phi) is 7.61. The van der Waals surface area contributed by atoms with Gasteiger partial charge in [-0.3, -0.25) is 0 Å². The van der Waals surface area contributed by atoms with Crippen LogP contribution in [0.2, 0.25) is 0 Å². The molecule has 6 heteroatoms. The monoisotopic (exact) mass is 358 g/mol. The second kappa shape index (κ2) is 10.2. The topological polar surface area (TPSA) is 68.8 Å². The smallest absolute Gasteiger partial charge is 0.315 e. The molecule has 2 aromatic carbocycles. The van der Waals surface area contributed by atoms with Gasteiger partial charge in [-0.25, -0.2) is 4.79 Å². The minimum absolute atomic E-state index is 0.236. The fourth-order valence-corrected chi connectivity index (χ4v) is 2.38. The Bertz CT molecular complexity index is 719. The predicted molar refractivity (Wildman–Crippen MR) is 101 cm³/mol. The maximum Gasteiger partial charge on any atom is 0.315 e. The molecule has 0 fully saturated rings. The average molecular weight is 358 g/mol. The molecule has 2 rings (SSSR count). The summed E-state index contributed by atoms with van der Waals surface area (Å²) < 4.78 is 16.1. The molecule has 0 saturated carbocycles. The van der Waals surface area contributed by atoms with Gasteiger partial charge in [0.05, 0.1) is 20.8 Å². The Hall–Kier alpha value is -2.89. The minimum atomic E-state index is -0.236. The van der Waals surface area contributed by atoms with Crippen molar-refractivity contribution in [1.82, 2.24) is 10.6 Å². The zero-order valence-corrected chi connectivity index (χ0v) is 15.5. The average Bonchev–Trinajstić information content (AvgIpc) is 2.69. The number of carbonyl (C=O) groups is 1. The van der Waals surface area contributed by atoms with Gasteiger partial charge in [0.2, 0.25) is 0 Å². The maximum atomic E-state index is 12.0. The summed E-state index contributed by atoms with van der Waals surface area (Å²) >= 11 is 0. The number of hydrogen-bond donors (Lipinski definition) is 2. The van der Waals surface area contributed by atoms with Crippen molar-refractivity contribution in [2.45, 2.75) is 26.4 Å². The molecule has 0 aliphatic rings. The second-order valence-electron chi connectivity index (χ2n) is 5.72. The summed E-state index contributed by atoms with van der Waals surface area (Å²) in [5, 5.41) is 5.67. The summed E-state index contributed by atoms with van der Waals surface area (Å²) in [4.78, 5) is 12.0. The first-order valence-electron chi connectivity index (χ1n) is 8.60. The van der Waals surface area contributed by atoms with Gasteiger partial charge in [0, 0.05) is 13.1 Å². The van der Waals surface area contributed by atoms with Crippen LogP contribution in [-0.4, -0.2) is 26.9 Å². The van der Waals surface area contributed by atoms with Gasteiger partial charge in [-0.15, -0.1) is 0 Å². The van der Waals surface area contributed by atoms with Gasteiger partial charge < -0.3 is 24.8 Å². The number of benzene rings is 2. The van der Waals surface area contributed by atoms with Crippen LogP contribution in [0, 0.1) is 0 Å². The fraction of sp³-hybridized carbons (Fsp3) is 0.350. The highest BCUT2D eigenvalue weighted by molar-refractivity contribution is 5.73. The number of nitrogens with one attached hydrogen (secondary N) is 2. The lowest BCUT2D eigenvalue weighted by atomic mass is 10.2. The number of amides is 2. The van der Waals surface area contributed by atoms with Crippen LogP contribution in [-0.2, 0) is 13.1 Å². The molecule has 2 amide bonds. The minimum Gasteiger partial charge on any atom is -0.494 e. The lowest BCUT2D eigenvalue weighted by Crippen LogP contribution is -2.34. The van der Waals surface area contributed by atoms with Gasteiger partial charge in [0.15, 0.2) is 11.5 Å². The number of rotatable bonds is 9. The van der Waals surface area contributed by atoms with E-state index < -0.39 is 0 Å². The number of methoxy groups -OCH3 is 2. The fourth-order valence-electron chi connectivity index (χ4n) is 2.38. The summed E-state index contributed by atoms with van der Waals surface area (Å²) in [6.07, 6.45) is 0.959. The molecule has 0 aromatic heterocycles. The SMILES string of the molecule is CCCOc1cccc(CNC(=O)NCc2ccc(OC)c(OC)c2)c1. The van der Waals surface area contributed by atoms with Crippen LogP contribution in [0.4, 0.5) is 4.79 Å². The van der Waals surface area contributed by atoms with Gasteiger partial charge in [-0.1, -0.05) is 25.1 Å². The first-order valence-corrected chi connectivity index (χ1v) is 8.60. The van der Waals surface area contributed by atoms with Gasteiger partial charge in [0.1, 0.15) is 5.75 Å². The molecule has 0 aliphatic carbocycles. The van der Waals surface area contributed by atoms with Crippen molar-refractivity contribution in [2.75, 3.05) is 20.8 Å². The molecular weight excluding hydrogens is 332 g/mol. The Morgan fingerprint density at radius 1 is 0.923 bits per heavy atom. The van der Waals surface area contributed by atoms with Crippen molar-refractivity contribution >= 4 is 6.03 Å². The van der Waals surface area contributed by atoms with E-state index in [-0.39, 0.29) is 6.03 Å². The largest absolute Gasteiger partial charge is 0.494 e. The molecule has 2 aromatic rings. The number of hydrogen-bond acceptors (Lipinski definition) is 4. The van der Waals surface area contributed by atoms with Crippen molar-refractivity contribution in [1.29, 1.82) is 0 Å². The second-order valence-corrected chi connectivity index (χ2v) is 5.72. The quantitative estimate of drug-likeness (QED) is 0.720. The molecule has 0 bridgehead atoms. The molecule has 6 nitrogen and oxygen atoms in total. The Morgan fingerprint density at radius 3 is 2.27 bits per heavy atom. The molecule has 0 spiro atoms. The van der Waals surface area contributed by atoms with Crippen LogP contribution in [0.15, 0.2) is 42.5 Å². The zero-order chi connectivity index (χ0) is 18.8. The van der Waals surface area contributed by atoms with E-state index in [4.69, 9.17) is 14.2 Å². The lowest BCUT2D eigenvalue weighted by molar-refractivity contribution is 0.240. The summed E-state index contributed by atoms with van der Waals surface area (Å²) in [7, 11) is 3.17. The van der Waals surface area contributed by atoms with Crippen molar-refractivity contribution in [3.63, 3.8) is 0 Å². The van der Waals surface area contributed by atoms with E-state index in [1.54, 1.807) is 14.2 Å². The third kappa shape index (κ3) is 5.88. The molecule has 140 valence electrons. The lowest BCUT2D eigenvalue weighted by Gasteiger charge is -2.11. The van der Waals surface area contributed by atoms with Crippen molar-refractivity contribution in [2.24, 2.45) is 0 Å². The summed E-state index contributed by atoms with van der Waals surface area (Å²) in [5.74, 6) is 2.11. The molecular formula is C20H26N2O4. The van der Waals surface area contributed by atoms with Crippen LogP contribution in [0.5, 0.6) is 17.2 Å².